The smallest absolute Gasteiger partial charge is 0.0947 e. The minimum absolute atomic E-state index is 0.207. The van der Waals surface area contributed by atoms with Crippen LogP contribution in [0, 0.1) is 11.3 Å². The van der Waals surface area contributed by atoms with Crippen molar-refractivity contribution in [3.8, 4) is 0 Å². The van der Waals surface area contributed by atoms with Crippen LogP contribution in [-0.4, -0.2) is 11.7 Å². The molecule has 1 aliphatic carbocycles. The Morgan fingerprint density at radius 1 is 1.33 bits per heavy atom. The highest BCUT2D eigenvalue weighted by Crippen LogP contribution is 2.52. The quantitative estimate of drug-likeness (QED) is 0.812. The van der Waals surface area contributed by atoms with Crippen molar-refractivity contribution in [3.63, 3.8) is 0 Å². The lowest BCUT2D eigenvalue weighted by molar-refractivity contribution is -0.0988. The molecule has 21 heavy (non-hydrogen) atoms. The Morgan fingerprint density at radius 2 is 1.95 bits per heavy atom. The summed E-state index contributed by atoms with van der Waals surface area (Å²) in [4.78, 5) is 0. The zero-order valence-electron chi connectivity index (χ0n) is 13.2. The van der Waals surface area contributed by atoms with E-state index in [9.17, 15) is 5.11 Å². The third kappa shape index (κ3) is 3.20. The molecule has 1 aromatic carbocycles. The molecule has 2 rings (SSSR count). The Labute approximate surface area is 137 Å². The van der Waals surface area contributed by atoms with Crippen LogP contribution in [-0.2, 0) is 5.60 Å². The molecular formula is C18H28BrNO. The first kappa shape index (κ1) is 17.0. The van der Waals surface area contributed by atoms with Crippen molar-refractivity contribution < 1.29 is 5.11 Å². The molecule has 0 spiro atoms. The predicted molar refractivity (Wildman–Crippen MR) is 92.1 cm³/mol. The molecule has 1 aromatic rings. The fourth-order valence-corrected chi connectivity index (χ4v) is 4.63. The molecule has 0 saturated heterocycles. The predicted octanol–water partition coefficient (Wildman–Crippen LogP) is 4.59. The Balaban J connectivity index is 2.26. The molecule has 1 atom stereocenters. The summed E-state index contributed by atoms with van der Waals surface area (Å²) in [6, 6.07) is 7.98. The summed E-state index contributed by atoms with van der Waals surface area (Å²) in [6.07, 6.45) is 6.96. The molecule has 1 unspecified atom stereocenters. The molecule has 1 fully saturated rings. The van der Waals surface area contributed by atoms with Crippen LogP contribution in [0.1, 0.15) is 57.9 Å². The molecule has 0 radical (unpaired) electrons. The molecule has 2 nitrogen and oxygen atoms in total. The molecule has 0 amide bonds. The molecule has 0 bridgehead atoms. The first-order valence-electron chi connectivity index (χ1n) is 8.14. The SMILES string of the molecule is CCCC1CCC(CN)(C(C)(O)c2ccccc2Br)CC1. The Kier molecular flexibility index (Phi) is 5.50. The van der Waals surface area contributed by atoms with E-state index in [0.29, 0.717) is 6.54 Å². The van der Waals surface area contributed by atoms with Crippen molar-refractivity contribution in [1.29, 1.82) is 0 Å². The summed E-state index contributed by atoms with van der Waals surface area (Å²) in [6.45, 7) is 4.74. The van der Waals surface area contributed by atoms with E-state index >= 15 is 0 Å². The maximum absolute atomic E-state index is 11.3. The second-order valence-electron chi connectivity index (χ2n) is 6.77. The molecule has 0 aliphatic heterocycles. The van der Waals surface area contributed by atoms with E-state index in [0.717, 1.165) is 28.8 Å². The van der Waals surface area contributed by atoms with Crippen molar-refractivity contribution >= 4 is 15.9 Å². The monoisotopic (exact) mass is 353 g/mol. The first-order valence-corrected chi connectivity index (χ1v) is 8.93. The number of nitrogens with two attached hydrogens (primary N) is 1. The second-order valence-corrected chi connectivity index (χ2v) is 7.62. The normalized spacial score (nSPS) is 29.1. The van der Waals surface area contributed by atoms with Crippen LogP contribution < -0.4 is 5.73 Å². The second kappa shape index (κ2) is 6.80. The summed E-state index contributed by atoms with van der Waals surface area (Å²) in [5.41, 5.74) is 6.02. The molecule has 1 saturated carbocycles. The van der Waals surface area contributed by atoms with Gasteiger partial charge in [0.05, 0.1) is 5.60 Å². The molecule has 0 heterocycles. The van der Waals surface area contributed by atoms with Crippen LogP contribution in [0.5, 0.6) is 0 Å². The Morgan fingerprint density at radius 3 is 2.48 bits per heavy atom. The van der Waals surface area contributed by atoms with Gasteiger partial charge in [-0.1, -0.05) is 53.9 Å². The van der Waals surface area contributed by atoms with Gasteiger partial charge >= 0.3 is 0 Å². The summed E-state index contributed by atoms with van der Waals surface area (Å²) < 4.78 is 0.971. The molecule has 1 aliphatic rings. The lowest BCUT2D eigenvalue weighted by atomic mass is 9.59. The summed E-state index contributed by atoms with van der Waals surface area (Å²) in [5, 5.41) is 11.3. The van der Waals surface area contributed by atoms with Gasteiger partial charge in [0.25, 0.3) is 0 Å². The van der Waals surface area contributed by atoms with Gasteiger partial charge in [-0.2, -0.15) is 0 Å². The van der Waals surface area contributed by atoms with Gasteiger partial charge in [0.15, 0.2) is 0 Å². The van der Waals surface area contributed by atoms with E-state index in [4.69, 9.17) is 5.73 Å². The molecule has 3 heteroatoms. The molecular weight excluding hydrogens is 326 g/mol. The van der Waals surface area contributed by atoms with Crippen molar-refractivity contribution in [2.45, 2.75) is 58.0 Å². The standard InChI is InChI=1S/C18H28BrNO/c1-3-6-14-9-11-18(13-20,12-10-14)17(2,21)15-7-4-5-8-16(15)19/h4-5,7-8,14,21H,3,6,9-13,20H2,1-2H3. The minimum Gasteiger partial charge on any atom is -0.385 e. The van der Waals surface area contributed by atoms with E-state index in [1.54, 1.807) is 0 Å². The number of hydrogen-bond acceptors (Lipinski definition) is 2. The van der Waals surface area contributed by atoms with Gasteiger partial charge in [-0.15, -0.1) is 0 Å². The van der Waals surface area contributed by atoms with Crippen LogP contribution in [0.25, 0.3) is 0 Å². The van der Waals surface area contributed by atoms with Crippen LogP contribution in [0.2, 0.25) is 0 Å². The van der Waals surface area contributed by atoms with E-state index < -0.39 is 5.60 Å². The van der Waals surface area contributed by atoms with Crippen molar-refractivity contribution in [1.82, 2.24) is 0 Å². The van der Waals surface area contributed by atoms with E-state index in [-0.39, 0.29) is 5.41 Å². The zero-order chi connectivity index (χ0) is 15.5. The lowest BCUT2D eigenvalue weighted by Gasteiger charge is -2.49. The van der Waals surface area contributed by atoms with E-state index in [1.807, 2.05) is 31.2 Å². The number of hydrogen-bond donors (Lipinski definition) is 2. The number of rotatable bonds is 5. The van der Waals surface area contributed by atoms with Crippen LogP contribution in [0.3, 0.4) is 0 Å². The number of aliphatic hydroxyl groups is 1. The van der Waals surface area contributed by atoms with Gasteiger partial charge < -0.3 is 10.8 Å². The van der Waals surface area contributed by atoms with Gasteiger partial charge in [-0.3, -0.25) is 0 Å². The third-order valence-electron chi connectivity index (χ3n) is 5.58. The third-order valence-corrected chi connectivity index (χ3v) is 6.27. The fraction of sp³-hybridized carbons (Fsp3) is 0.667. The zero-order valence-corrected chi connectivity index (χ0v) is 14.8. The average Bonchev–Trinajstić information content (AvgIpc) is 2.48. The fourth-order valence-electron chi connectivity index (χ4n) is 3.96. The van der Waals surface area contributed by atoms with Gasteiger partial charge in [0.1, 0.15) is 0 Å². The molecule has 0 aromatic heterocycles. The largest absolute Gasteiger partial charge is 0.385 e. The van der Waals surface area contributed by atoms with Crippen molar-refractivity contribution in [2.24, 2.45) is 17.1 Å². The van der Waals surface area contributed by atoms with Gasteiger partial charge in [0.2, 0.25) is 0 Å². The van der Waals surface area contributed by atoms with Gasteiger partial charge in [-0.25, -0.2) is 0 Å². The average molecular weight is 354 g/mol. The van der Waals surface area contributed by atoms with E-state index in [1.165, 1.54) is 25.7 Å². The maximum atomic E-state index is 11.3. The Bertz CT molecular complexity index is 464. The minimum atomic E-state index is -0.890. The molecule has 3 N–H and O–H groups in total. The van der Waals surface area contributed by atoms with Crippen molar-refractivity contribution in [2.75, 3.05) is 6.54 Å². The van der Waals surface area contributed by atoms with E-state index in [2.05, 4.69) is 22.9 Å². The first-order chi connectivity index (χ1) is 9.97. The topological polar surface area (TPSA) is 46.2 Å². The highest BCUT2D eigenvalue weighted by Gasteiger charge is 2.49. The van der Waals surface area contributed by atoms with Crippen LogP contribution >= 0.6 is 15.9 Å². The summed E-state index contributed by atoms with van der Waals surface area (Å²) in [5.74, 6) is 0.810. The molecule has 118 valence electrons. The van der Waals surface area contributed by atoms with Gasteiger partial charge in [0, 0.05) is 16.4 Å². The highest BCUT2D eigenvalue weighted by atomic mass is 79.9. The van der Waals surface area contributed by atoms with Crippen LogP contribution in [0.15, 0.2) is 28.7 Å². The number of halogens is 1. The summed E-state index contributed by atoms with van der Waals surface area (Å²) in [7, 11) is 0. The number of benzene rings is 1. The van der Waals surface area contributed by atoms with Gasteiger partial charge in [-0.05, 0) is 50.2 Å². The lowest BCUT2D eigenvalue weighted by Crippen LogP contribution is -2.50. The maximum Gasteiger partial charge on any atom is 0.0947 e. The Hall–Kier alpha value is -0.380. The highest BCUT2D eigenvalue weighted by molar-refractivity contribution is 9.10. The van der Waals surface area contributed by atoms with Crippen LogP contribution in [0.4, 0.5) is 0 Å². The summed E-state index contributed by atoms with van der Waals surface area (Å²) >= 11 is 3.59. The van der Waals surface area contributed by atoms with Crippen molar-refractivity contribution in [3.05, 3.63) is 34.3 Å².